The molecule has 154 valence electrons. The van der Waals surface area contributed by atoms with Crippen LogP contribution in [0.1, 0.15) is 39.2 Å². The minimum absolute atomic E-state index is 0.0323. The Balaban J connectivity index is 1.88. The molecule has 4 rings (SSSR count). The number of nitrogens with one attached hydrogen (secondary N) is 1. The van der Waals surface area contributed by atoms with E-state index in [-0.39, 0.29) is 5.69 Å². The van der Waals surface area contributed by atoms with Crippen molar-refractivity contribution in [2.24, 2.45) is 7.05 Å². The summed E-state index contributed by atoms with van der Waals surface area (Å²) < 4.78 is 4.04. The van der Waals surface area contributed by atoms with Gasteiger partial charge in [0, 0.05) is 18.3 Å². The van der Waals surface area contributed by atoms with E-state index in [2.05, 4.69) is 36.4 Å². The summed E-state index contributed by atoms with van der Waals surface area (Å²) in [6.07, 6.45) is 1.90. The standard InChI is InChI=1S/C20H18BrClN6O2/c1-10-8-14(9-28-11(2)25-26-18(10)28)23-15(12-4-6-13(22)7-5-12)17-16(19(29)30)24-20(21)27(17)3/h4-9,15,23H,1-3H3,(H,29,30). The van der Waals surface area contributed by atoms with Crippen molar-refractivity contribution in [3.8, 4) is 0 Å². The predicted octanol–water partition coefficient (Wildman–Crippen LogP) is 4.40. The lowest BCUT2D eigenvalue weighted by Gasteiger charge is -2.22. The first-order valence-electron chi connectivity index (χ1n) is 9.05. The zero-order valence-corrected chi connectivity index (χ0v) is 18.7. The molecule has 1 unspecified atom stereocenters. The van der Waals surface area contributed by atoms with Crippen molar-refractivity contribution in [2.75, 3.05) is 5.32 Å². The number of carboxylic acid groups (broad SMARTS) is 1. The Bertz CT molecular complexity index is 1260. The van der Waals surface area contributed by atoms with Crippen LogP contribution in [0.4, 0.5) is 5.69 Å². The van der Waals surface area contributed by atoms with E-state index in [1.165, 1.54) is 0 Å². The van der Waals surface area contributed by atoms with Crippen molar-refractivity contribution in [3.05, 3.63) is 74.6 Å². The van der Waals surface area contributed by atoms with Crippen LogP contribution in [0.3, 0.4) is 0 Å². The first-order valence-corrected chi connectivity index (χ1v) is 10.2. The van der Waals surface area contributed by atoms with E-state index in [0.29, 0.717) is 15.5 Å². The van der Waals surface area contributed by atoms with Crippen molar-refractivity contribution >= 4 is 44.8 Å². The van der Waals surface area contributed by atoms with Gasteiger partial charge in [-0.2, -0.15) is 0 Å². The molecule has 0 saturated heterocycles. The number of hydrogen-bond donors (Lipinski definition) is 2. The fourth-order valence-corrected chi connectivity index (χ4v) is 3.94. The van der Waals surface area contributed by atoms with E-state index in [0.717, 1.165) is 28.3 Å². The van der Waals surface area contributed by atoms with Crippen molar-refractivity contribution in [1.82, 2.24) is 24.1 Å². The molecule has 3 heterocycles. The number of rotatable bonds is 5. The third-order valence-corrected chi connectivity index (χ3v) is 5.90. The number of aromatic carboxylic acids is 1. The van der Waals surface area contributed by atoms with Crippen LogP contribution in [0.5, 0.6) is 0 Å². The SMILES string of the molecule is Cc1cc(NC(c2ccc(Cl)cc2)c2c(C(=O)O)nc(Br)n2C)cn2c(C)nnc12. The van der Waals surface area contributed by atoms with Crippen molar-refractivity contribution in [2.45, 2.75) is 19.9 Å². The highest BCUT2D eigenvalue weighted by Crippen LogP contribution is 2.32. The summed E-state index contributed by atoms with van der Waals surface area (Å²) in [5.41, 5.74) is 3.83. The molecule has 0 spiro atoms. The monoisotopic (exact) mass is 488 g/mol. The second-order valence-electron chi connectivity index (χ2n) is 6.96. The number of carbonyl (C=O) groups is 1. The Kier molecular flexibility index (Phi) is 5.25. The Morgan fingerprint density at radius 3 is 2.60 bits per heavy atom. The second-order valence-corrected chi connectivity index (χ2v) is 8.11. The predicted molar refractivity (Wildman–Crippen MR) is 117 cm³/mol. The zero-order chi connectivity index (χ0) is 21.6. The average Bonchev–Trinajstić information content (AvgIpc) is 3.22. The molecule has 0 fully saturated rings. The third-order valence-electron chi connectivity index (χ3n) is 4.93. The molecule has 3 aromatic heterocycles. The Morgan fingerprint density at radius 2 is 1.93 bits per heavy atom. The lowest BCUT2D eigenvalue weighted by atomic mass is 10.0. The number of nitrogens with zero attached hydrogens (tertiary/aromatic N) is 5. The molecular formula is C20H18BrClN6O2. The van der Waals surface area contributed by atoms with Gasteiger partial charge in [-0.1, -0.05) is 23.7 Å². The Labute approximate surface area is 185 Å². The molecule has 0 aliphatic rings. The molecule has 8 nitrogen and oxygen atoms in total. The highest BCUT2D eigenvalue weighted by molar-refractivity contribution is 9.10. The normalized spacial score (nSPS) is 12.3. The molecule has 1 atom stereocenters. The second kappa shape index (κ2) is 7.73. The van der Waals surface area contributed by atoms with Crippen molar-refractivity contribution < 1.29 is 9.90 Å². The Hall–Kier alpha value is -2.91. The first-order chi connectivity index (χ1) is 14.3. The van der Waals surface area contributed by atoms with Crippen LogP contribution in [0, 0.1) is 13.8 Å². The number of benzene rings is 1. The molecule has 0 aliphatic heterocycles. The smallest absolute Gasteiger partial charge is 0.356 e. The number of fused-ring (bicyclic) bond motifs is 1. The van der Waals surface area contributed by atoms with Gasteiger partial charge in [-0.25, -0.2) is 9.78 Å². The lowest BCUT2D eigenvalue weighted by molar-refractivity contribution is 0.0689. The van der Waals surface area contributed by atoms with Crippen LogP contribution >= 0.6 is 27.5 Å². The topological polar surface area (TPSA) is 97.3 Å². The van der Waals surface area contributed by atoms with Crippen LogP contribution < -0.4 is 5.32 Å². The third kappa shape index (κ3) is 3.54. The van der Waals surface area contributed by atoms with E-state index in [4.69, 9.17) is 11.6 Å². The van der Waals surface area contributed by atoms with Crippen molar-refractivity contribution in [3.63, 3.8) is 0 Å². The van der Waals surface area contributed by atoms with Crippen LogP contribution in [0.25, 0.3) is 5.65 Å². The van der Waals surface area contributed by atoms with E-state index < -0.39 is 12.0 Å². The van der Waals surface area contributed by atoms with E-state index in [1.807, 2.05) is 42.6 Å². The maximum absolute atomic E-state index is 11.9. The van der Waals surface area contributed by atoms with Gasteiger partial charge in [0.05, 0.1) is 17.4 Å². The number of imidazole rings is 1. The Morgan fingerprint density at radius 1 is 1.23 bits per heavy atom. The fraction of sp³-hybridized carbons (Fsp3) is 0.200. The zero-order valence-electron chi connectivity index (χ0n) is 16.4. The minimum Gasteiger partial charge on any atom is -0.476 e. The van der Waals surface area contributed by atoms with E-state index in [1.54, 1.807) is 23.7 Å². The molecule has 0 amide bonds. The molecule has 4 aromatic rings. The summed E-state index contributed by atoms with van der Waals surface area (Å²) in [4.78, 5) is 16.1. The molecule has 1 aromatic carbocycles. The number of pyridine rings is 1. The van der Waals surface area contributed by atoms with Gasteiger partial charge in [0.15, 0.2) is 16.1 Å². The number of anilines is 1. The highest BCUT2D eigenvalue weighted by Gasteiger charge is 2.28. The number of halogens is 2. The molecule has 0 bridgehead atoms. The summed E-state index contributed by atoms with van der Waals surface area (Å²) in [5.74, 6) is -0.345. The summed E-state index contributed by atoms with van der Waals surface area (Å²) in [7, 11) is 1.77. The largest absolute Gasteiger partial charge is 0.476 e. The number of aryl methyl sites for hydroxylation is 2. The quantitative estimate of drug-likeness (QED) is 0.431. The van der Waals surface area contributed by atoms with Crippen LogP contribution in [-0.2, 0) is 7.05 Å². The van der Waals surface area contributed by atoms with Gasteiger partial charge < -0.3 is 15.0 Å². The van der Waals surface area contributed by atoms with Gasteiger partial charge in [-0.05, 0) is 59.1 Å². The van der Waals surface area contributed by atoms with Gasteiger partial charge in [0.2, 0.25) is 0 Å². The summed E-state index contributed by atoms with van der Waals surface area (Å²) >= 11 is 9.41. The van der Waals surface area contributed by atoms with Gasteiger partial charge in [-0.3, -0.25) is 4.40 Å². The number of aromatic nitrogens is 5. The van der Waals surface area contributed by atoms with Crippen LogP contribution in [0.15, 0.2) is 41.3 Å². The van der Waals surface area contributed by atoms with Gasteiger partial charge in [-0.15, -0.1) is 10.2 Å². The number of hydrogen-bond acceptors (Lipinski definition) is 5. The number of carboxylic acids is 1. The maximum Gasteiger partial charge on any atom is 0.356 e. The van der Waals surface area contributed by atoms with E-state index in [9.17, 15) is 9.90 Å². The highest BCUT2D eigenvalue weighted by atomic mass is 79.9. The molecule has 0 saturated carbocycles. The van der Waals surface area contributed by atoms with Crippen LogP contribution in [-0.4, -0.2) is 35.2 Å². The average molecular weight is 490 g/mol. The van der Waals surface area contributed by atoms with E-state index >= 15 is 0 Å². The first kappa shape index (κ1) is 20.4. The summed E-state index contributed by atoms with van der Waals surface area (Å²) in [6.45, 7) is 3.83. The van der Waals surface area contributed by atoms with Gasteiger partial charge >= 0.3 is 5.97 Å². The fourth-order valence-electron chi connectivity index (χ4n) is 3.45. The molecular weight excluding hydrogens is 472 g/mol. The minimum atomic E-state index is -1.10. The summed E-state index contributed by atoms with van der Waals surface area (Å²) in [5, 5.41) is 22.1. The molecule has 10 heteroatoms. The summed E-state index contributed by atoms with van der Waals surface area (Å²) in [6, 6.07) is 8.74. The molecule has 0 radical (unpaired) electrons. The van der Waals surface area contributed by atoms with Crippen LogP contribution in [0.2, 0.25) is 5.02 Å². The molecule has 30 heavy (non-hydrogen) atoms. The van der Waals surface area contributed by atoms with Gasteiger partial charge in [0.1, 0.15) is 5.82 Å². The van der Waals surface area contributed by atoms with Crippen molar-refractivity contribution in [1.29, 1.82) is 0 Å². The van der Waals surface area contributed by atoms with Gasteiger partial charge in [0.25, 0.3) is 0 Å². The lowest BCUT2D eigenvalue weighted by Crippen LogP contribution is -2.19. The maximum atomic E-state index is 11.9. The molecule has 2 N–H and O–H groups in total. The molecule has 0 aliphatic carbocycles.